The Hall–Kier alpha value is -3.32. The van der Waals surface area contributed by atoms with E-state index in [1.54, 1.807) is 32.2 Å². The Bertz CT molecular complexity index is 1300. The summed E-state index contributed by atoms with van der Waals surface area (Å²) in [6.45, 7) is 9.67. The van der Waals surface area contributed by atoms with Crippen LogP contribution < -0.4 is 14.8 Å². The number of carbonyl (C=O) groups excluding carboxylic acids is 1. The van der Waals surface area contributed by atoms with Gasteiger partial charge in [-0.3, -0.25) is 9.52 Å². The number of nitrogens with one attached hydrogen (secondary N) is 2. The van der Waals surface area contributed by atoms with Crippen LogP contribution in [0.4, 0.5) is 5.69 Å². The van der Waals surface area contributed by atoms with E-state index in [2.05, 4.69) is 23.9 Å². The number of sulfonamides is 1. The maximum atomic E-state index is 13.3. The molecule has 0 radical (unpaired) electrons. The molecule has 0 aromatic heterocycles. The quantitative estimate of drug-likeness (QED) is 0.386. The number of hydrogen-bond acceptors (Lipinski definition) is 4. The predicted octanol–water partition coefficient (Wildman–Crippen LogP) is 5.94. The van der Waals surface area contributed by atoms with Crippen molar-refractivity contribution in [1.29, 1.82) is 0 Å². The van der Waals surface area contributed by atoms with Gasteiger partial charge in [0.15, 0.2) is 0 Å². The molecule has 3 aromatic rings. The van der Waals surface area contributed by atoms with E-state index in [9.17, 15) is 13.2 Å². The number of benzene rings is 3. The van der Waals surface area contributed by atoms with Crippen molar-refractivity contribution in [3.05, 3.63) is 88.5 Å². The molecule has 2 N–H and O–H groups in total. The largest absolute Gasteiger partial charge is 0.497 e. The van der Waals surface area contributed by atoms with Crippen LogP contribution in [0.25, 0.3) is 0 Å². The molecule has 0 aliphatic carbocycles. The normalized spacial score (nSPS) is 12.3. The fourth-order valence-corrected chi connectivity index (χ4v) is 5.30. The third-order valence-electron chi connectivity index (χ3n) is 5.91. The number of ether oxygens (including phenoxy) is 1. The van der Waals surface area contributed by atoms with Crippen LogP contribution >= 0.6 is 0 Å². The lowest BCUT2D eigenvalue weighted by atomic mass is 9.96. The summed E-state index contributed by atoms with van der Waals surface area (Å²) in [5.74, 6) is 0.765. The first kappa shape index (κ1) is 26.3. The summed E-state index contributed by atoms with van der Waals surface area (Å²) in [7, 11) is -2.28. The first-order chi connectivity index (χ1) is 16.5. The molecule has 3 rings (SSSR count). The first-order valence-corrected chi connectivity index (χ1v) is 13.1. The zero-order chi connectivity index (χ0) is 25.8. The lowest BCUT2D eigenvalue weighted by Gasteiger charge is -2.22. The van der Waals surface area contributed by atoms with Gasteiger partial charge in [-0.25, -0.2) is 8.42 Å². The number of methoxy groups -OCH3 is 1. The Labute approximate surface area is 208 Å². The maximum absolute atomic E-state index is 13.3. The number of amides is 1. The molecule has 1 amide bonds. The van der Waals surface area contributed by atoms with Crippen LogP contribution in [-0.4, -0.2) is 21.4 Å². The average Bonchev–Trinajstić information content (AvgIpc) is 2.80. The highest BCUT2D eigenvalue weighted by Crippen LogP contribution is 2.26. The highest BCUT2D eigenvalue weighted by Gasteiger charge is 2.22. The van der Waals surface area contributed by atoms with Crippen LogP contribution in [-0.2, 0) is 10.0 Å². The predicted molar refractivity (Wildman–Crippen MR) is 141 cm³/mol. The second-order valence-electron chi connectivity index (χ2n) is 9.33. The summed E-state index contributed by atoms with van der Waals surface area (Å²) in [4.78, 5) is 13.3. The third-order valence-corrected chi connectivity index (χ3v) is 7.42. The molecule has 0 saturated heterocycles. The molecule has 186 valence electrons. The van der Waals surface area contributed by atoms with E-state index in [1.165, 1.54) is 6.07 Å². The molecule has 0 heterocycles. The molecule has 6 nitrogen and oxygen atoms in total. The fraction of sp³-hybridized carbons (Fsp3) is 0.321. The van der Waals surface area contributed by atoms with Crippen LogP contribution in [0, 0.1) is 26.7 Å². The number of hydrogen-bond donors (Lipinski definition) is 2. The van der Waals surface area contributed by atoms with Gasteiger partial charge in [0.1, 0.15) is 5.75 Å². The maximum Gasteiger partial charge on any atom is 0.262 e. The molecule has 1 atom stereocenters. The van der Waals surface area contributed by atoms with Crippen LogP contribution in [0.5, 0.6) is 5.75 Å². The van der Waals surface area contributed by atoms with Crippen molar-refractivity contribution in [1.82, 2.24) is 5.32 Å². The van der Waals surface area contributed by atoms with E-state index in [-0.39, 0.29) is 16.8 Å². The summed E-state index contributed by atoms with van der Waals surface area (Å²) in [6, 6.07) is 17.7. The first-order valence-electron chi connectivity index (χ1n) is 11.7. The van der Waals surface area contributed by atoms with Crippen LogP contribution in [0.15, 0.2) is 65.6 Å². The van der Waals surface area contributed by atoms with E-state index in [0.29, 0.717) is 22.7 Å². The van der Waals surface area contributed by atoms with E-state index in [0.717, 1.165) is 28.9 Å². The van der Waals surface area contributed by atoms with Gasteiger partial charge in [0, 0.05) is 5.56 Å². The van der Waals surface area contributed by atoms with Crippen molar-refractivity contribution in [2.45, 2.75) is 52.0 Å². The summed E-state index contributed by atoms with van der Waals surface area (Å²) < 4.78 is 34.4. The van der Waals surface area contributed by atoms with E-state index >= 15 is 0 Å². The number of rotatable bonds is 9. The van der Waals surface area contributed by atoms with Crippen molar-refractivity contribution in [3.8, 4) is 5.75 Å². The summed E-state index contributed by atoms with van der Waals surface area (Å²) in [6.07, 6.45) is 0.739. The molecule has 0 aliphatic rings. The molecule has 7 heteroatoms. The Balaban J connectivity index is 1.89. The van der Waals surface area contributed by atoms with Crippen LogP contribution in [0.3, 0.4) is 0 Å². The monoisotopic (exact) mass is 494 g/mol. The molecular weight excluding hydrogens is 460 g/mol. The van der Waals surface area contributed by atoms with Crippen molar-refractivity contribution in [3.63, 3.8) is 0 Å². The Kier molecular flexibility index (Phi) is 8.22. The highest BCUT2D eigenvalue weighted by atomic mass is 32.2. The van der Waals surface area contributed by atoms with Gasteiger partial charge in [-0.15, -0.1) is 0 Å². The molecule has 0 bridgehead atoms. The van der Waals surface area contributed by atoms with E-state index in [1.807, 2.05) is 50.2 Å². The topological polar surface area (TPSA) is 84.5 Å². The average molecular weight is 495 g/mol. The highest BCUT2D eigenvalue weighted by molar-refractivity contribution is 7.92. The smallest absolute Gasteiger partial charge is 0.262 e. The second-order valence-corrected chi connectivity index (χ2v) is 11.0. The lowest BCUT2D eigenvalue weighted by Crippen LogP contribution is -2.30. The van der Waals surface area contributed by atoms with E-state index in [4.69, 9.17) is 4.74 Å². The minimum atomic E-state index is -3.89. The number of anilines is 1. The van der Waals surface area contributed by atoms with Gasteiger partial charge in [0.05, 0.1) is 23.7 Å². The molecule has 3 aromatic carbocycles. The van der Waals surface area contributed by atoms with Gasteiger partial charge in [-0.1, -0.05) is 44.2 Å². The Morgan fingerprint density at radius 1 is 0.914 bits per heavy atom. The van der Waals surface area contributed by atoms with Crippen molar-refractivity contribution in [2.24, 2.45) is 5.92 Å². The molecular formula is C28H34N2O4S. The molecule has 0 spiro atoms. The minimum absolute atomic E-state index is 0.0795. The van der Waals surface area contributed by atoms with Crippen LogP contribution in [0.2, 0.25) is 0 Å². The molecule has 1 unspecified atom stereocenters. The minimum Gasteiger partial charge on any atom is -0.497 e. The fourth-order valence-electron chi connectivity index (χ4n) is 3.90. The van der Waals surface area contributed by atoms with Gasteiger partial charge in [-0.2, -0.15) is 0 Å². The Morgan fingerprint density at radius 3 is 2.20 bits per heavy atom. The summed E-state index contributed by atoms with van der Waals surface area (Å²) in [5.41, 5.74) is 4.11. The zero-order valence-electron chi connectivity index (χ0n) is 21.2. The van der Waals surface area contributed by atoms with Gasteiger partial charge in [0.25, 0.3) is 15.9 Å². The lowest BCUT2D eigenvalue weighted by molar-refractivity contribution is 0.0931. The van der Waals surface area contributed by atoms with Crippen molar-refractivity contribution < 1.29 is 17.9 Å². The number of carbonyl (C=O) groups is 1. The second kappa shape index (κ2) is 11.0. The molecule has 0 saturated carbocycles. The van der Waals surface area contributed by atoms with Gasteiger partial charge in [0.2, 0.25) is 0 Å². The van der Waals surface area contributed by atoms with Gasteiger partial charge >= 0.3 is 0 Å². The zero-order valence-corrected chi connectivity index (χ0v) is 22.0. The standard InChI is InChI=1S/C28H34N2O4S/c1-18(2)15-26(22-11-13-24(34-6)14-12-22)29-28(31)23-10-9-21(5)27(17-23)35(32,33)30-25-16-19(3)7-8-20(25)4/h7-14,16-18,26,30H,15H2,1-6H3,(H,29,31). The third kappa shape index (κ3) is 6.63. The molecule has 0 aliphatic heterocycles. The molecule has 0 fully saturated rings. The van der Waals surface area contributed by atoms with Gasteiger partial charge in [-0.05, 0) is 85.7 Å². The summed E-state index contributed by atoms with van der Waals surface area (Å²) in [5, 5.41) is 3.09. The van der Waals surface area contributed by atoms with Gasteiger partial charge < -0.3 is 10.1 Å². The Morgan fingerprint density at radius 2 is 1.57 bits per heavy atom. The van der Waals surface area contributed by atoms with E-state index < -0.39 is 10.0 Å². The van der Waals surface area contributed by atoms with Crippen LogP contribution in [0.1, 0.15) is 58.9 Å². The SMILES string of the molecule is COc1ccc(C(CC(C)C)NC(=O)c2ccc(C)c(S(=O)(=O)Nc3cc(C)ccc3C)c2)cc1. The number of aryl methyl sites for hydroxylation is 3. The summed E-state index contributed by atoms with van der Waals surface area (Å²) >= 11 is 0. The molecule has 35 heavy (non-hydrogen) atoms. The van der Waals surface area contributed by atoms with Crippen molar-refractivity contribution >= 4 is 21.6 Å². The van der Waals surface area contributed by atoms with Crippen molar-refractivity contribution in [2.75, 3.05) is 11.8 Å².